The lowest BCUT2D eigenvalue weighted by Gasteiger charge is -2.50. The highest BCUT2D eigenvalue weighted by Gasteiger charge is 2.59. The van der Waals surface area contributed by atoms with E-state index >= 15 is 0 Å². The van der Waals surface area contributed by atoms with Crippen LogP contribution in [0.1, 0.15) is 41.5 Å². The Bertz CT molecular complexity index is 341. The first-order valence-electron chi connectivity index (χ1n) is 6.99. The predicted octanol–water partition coefficient (Wildman–Crippen LogP) is 5.15. The number of nitrogens with one attached hydrogen (secondary N) is 1. The summed E-state index contributed by atoms with van der Waals surface area (Å²) in [7, 11) is -10.8. The van der Waals surface area contributed by atoms with Gasteiger partial charge in [-0.05, 0) is 10.1 Å². The van der Waals surface area contributed by atoms with Gasteiger partial charge in [-0.2, -0.15) is 0 Å². The molecule has 0 unspecified atom stereocenters. The van der Waals surface area contributed by atoms with Crippen molar-refractivity contribution in [1.82, 2.24) is 9.43 Å². The SMILES string of the molecule is CC(C)(C)[Si](C)(C)NN([Si](F)(F)F)[Si](C)(C)C(C)(C)C. The highest BCUT2D eigenvalue weighted by molar-refractivity contribution is 6.88. The van der Waals surface area contributed by atoms with Crippen LogP contribution in [0.4, 0.5) is 12.3 Å². The summed E-state index contributed by atoms with van der Waals surface area (Å²) >= 11 is 0. The summed E-state index contributed by atoms with van der Waals surface area (Å²) in [5.41, 5.74) is 0. The molecule has 0 aromatic heterocycles. The van der Waals surface area contributed by atoms with Gasteiger partial charge in [-0.3, -0.25) is 5.09 Å². The maximum absolute atomic E-state index is 13.7. The lowest BCUT2D eigenvalue weighted by molar-refractivity contribution is 0.319. The van der Waals surface area contributed by atoms with E-state index in [0.29, 0.717) is 0 Å². The Kier molecular flexibility index (Phi) is 5.63. The molecule has 0 bridgehead atoms. The molecule has 0 aliphatic rings. The van der Waals surface area contributed by atoms with Gasteiger partial charge in [0.2, 0.25) is 0 Å². The van der Waals surface area contributed by atoms with Crippen molar-refractivity contribution in [3.8, 4) is 0 Å². The first-order chi connectivity index (χ1) is 8.34. The molecule has 0 spiro atoms. The first kappa shape index (κ1) is 20.4. The van der Waals surface area contributed by atoms with Crippen molar-refractivity contribution in [2.45, 2.75) is 77.8 Å². The predicted molar refractivity (Wildman–Crippen MR) is 88.4 cm³/mol. The van der Waals surface area contributed by atoms with Gasteiger partial charge in [0, 0.05) is 0 Å². The second-order valence-electron chi connectivity index (χ2n) is 8.60. The van der Waals surface area contributed by atoms with Crippen molar-refractivity contribution >= 4 is 25.7 Å². The normalized spacial score (nSPS) is 15.9. The number of hydrogen-bond acceptors (Lipinski definition) is 2. The van der Waals surface area contributed by atoms with Crippen LogP contribution in [0, 0.1) is 0 Å². The van der Waals surface area contributed by atoms with E-state index in [-0.39, 0.29) is 10.1 Å². The first-order valence-corrected chi connectivity index (χ1v) is 14.5. The third-order valence-corrected chi connectivity index (χ3v) is 17.9. The van der Waals surface area contributed by atoms with Gasteiger partial charge in [0.05, 0.1) is 0 Å². The largest absolute Gasteiger partial charge is 0.725 e. The van der Waals surface area contributed by atoms with Crippen molar-refractivity contribution in [1.29, 1.82) is 0 Å². The summed E-state index contributed by atoms with van der Waals surface area (Å²) in [5, 5.41) is 2.52. The molecule has 1 N–H and O–H groups in total. The fraction of sp³-hybridized carbons (Fsp3) is 1.00. The smallest absolute Gasteiger partial charge is 0.282 e. The van der Waals surface area contributed by atoms with Gasteiger partial charge in [-0.1, -0.05) is 67.7 Å². The second kappa shape index (κ2) is 5.53. The van der Waals surface area contributed by atoms with Gasteiger partial charge >= 0.3 is 9.24 Å². The average Bonchev–Trinajstić information content (AvgIpc) is 2.08. The summed E-state index contributed by atoms with van der Waals surface area (Å²) in [6.45, 7) is 19.4. The third-order valence-electron chi connectivity index (χ3n) is 4.91. The highest BCUT2D eigenvalue weighted by atomic mass is 28.5. The molecule has 0 saturated carbocycles. The zero-order valence-electron chi connectivity index (χ0n) is 14.6. The van der Waals surface area contributed by atoms with Crippen LogP contribution in [0.25, 0.3) is 0 Å². The zero-order chi connectivity index (χ0) is 16.8. The third kappa shape index (κ3) is 4.43. The molecule has 0 heterocycles. The Labute approximate surface area is 125 Å². The van der Waals surface area contributed by atoms with Crippen molar-refractivity contribution in [3.63, 3.8) is 0 Å². The molecular formula is C12H31F3N2Si3. The van der Waals surface area contributed by atoms with Crippen LogP contribution in [0.15, 0.2) is 0 Å². The van der Waals surface area contributed by atoms with Crippen molar-refractivity contribution < 1.29 is 12.3 Å². The van der Waals surface area contributed by atoms with E-state index in [1.807, 2.05) is 67.7 Å². The molecule has 0 atom stereocenters. The van der Waals surface area contributed by atoms with Gasteiger partial charge < -0.3 is 0 Å². The number of nitrogens with zero attached hydrogens (tertiary/aromatic N) is 1. The molecule has 0 aliphatic carbocycles. The van der Waals surface area contributed by atoms with E-state index in [0.717, 1.165) is 4.34 Å². The molecule has 0 saturated heterocycles. The van der Waals surface area contributed by atoms with E-state index in [1.54, 1.807) is 0 Å². The van der Waals surface area contributed by atoms with E-state index in [2.05, 4.69) is 5.09 Å². The molecule has 2 nitrogen and oxygen atoms in total. The minimum absolute atomic E-state index is 0.132. The van der Waals surface area contributed by atoms with Crippen LogP contribution < -0.4 is 5.09 Å². The average molecular weight is 345 g/mol. The standard InChI is InChI=1S/C12H31F3N2Si3/c1-11(2,3)18(7,8)16-17(20(13,14)15)19(9,10)12(4,5)6/h16H,1-10H3. The van der Waals surface area contributed by atoms with Gasteiger partial charge in [-0.25, -0.2) is 16.7 Å². The molecule has 0 radical (unpaired) electrons. The topological polar surface area (TPSA) is 15.3 Å². The van der Waals surface area contributed by atoms with Crippen LogP contribution in [0.2, 0.25) is 36.3 Å². The van der Waals surface area contributed by atoms with Crippen LogP contribution in [0.5, 0.6) is 0 Å². The number of hydrazine groups is 1. The lowest BCUT2D eigenvalue weighted by atomic mass is 10.2. The number of halogens is 3. The van der Waals surface area contributed by atoms with Gasteiger partial charge in [0.25, 0.3) is 0 Å². The van der Waals surface area contributed by atoms with Gasteiger partial charge in [-0.15, -0.1) is 0 Å². The zero-order valence-corrected chi connectivity index (χ0v) is 17.6. The molecule has 122 valence electrons. The Morgan fingerprint density at radius 1 is 0.750 bits per heavy atom. The molecule has 0 aromatic rings. The summed E-state index contributed by atoms with van der Waals surface area (Å²) in [4.78, 5) is 0. The molecule has 20 heavy (non-hydrogen) atoms. The number of hydrogen-bond donors (Lipinski definition) is 1. The Balaban J connectivity index is 5.67. The molecule has 0 fully saturated rings. The Hall–Kier alpha value is 0.361. The van der Waals surface area contributed by atoms with Crippen molar-refractivity contribution in [2.75, 3.05) is 0 Å². The van der Waals surface area contributed by atoms with Crippen LogP contribution in [-0.2, 0) is 0 Å². The maximum atomic E-state index is 13.7. The molecule has 0 amide bonds. The van der Waals surface area contributed by atoms with E-state index in [1.165, 1.54) is 0 Å². The van der Waals surface area contributed by atoms with Crippen LogP contribution >= 0.6 is 0 Å². The summed E-state index contributed by atoms with van der Waals surface area (Å²) in [5.74, 6) is 0. The van der Waals surface area contributed by atoms with E-state index < -0.39 is 25.7 Å². The Morgan fingerprint density at radius 2 is 1.10 bits per heavy atom. The summed E-state index contributed by atoms with van der Waals surface area (Å²) < 4.78 is 42.0. The van der Waals surface area contributed by atoms with Crippen LogP contribution in [0.3, 0.4) is 0 Å². The van der Waals surface area contributed by atoms with Gasteiger partial charge in [0.1, 0.15) is 16.5 Å². The quantitative estimate of drug-likeness (QED) is 0.431. The fourth-order valence-corrected chi connectivity index (χ4v) is 9.71. The number of rotatable bonds is 4. The molecule has 8 heteroatoms. The fourth-order valence-electron chi connectivity index (χ4n) is 1.30. The monoisotopic (exact) mass is 344 g/mol. The summed E-state index contributed by atoms with van der Waals surface area (Å²) in [6.07, 6.45) is 0. The van der Waals surface area contributed by atoms with Crippen LogP contribution in [-0.4, -0.2) is 30.0 Å². The molecular weight excluding hydrogens is 313 g/mol. The van der Waals surface area contributed by atoms with E-state index in [9.17, 15) is 12.3 Å². The van der Waals surface area contributed by atoms with Gasteiger partial charge in [0.15, 0.2) is 0 Å². The van der Waals surface area contributed by atoms with E-state index in [4.69, 9.17) is 0 Å². The minimum Gasteiger partial charge on any atom is -0.282 e. The van der Waals surface area contributed by atoms with Crippen molar-refractivity contribution in [3.05, 3.63) is 0 Å². The molecule has 0 rings (SSSR count). The summed E-state index contributed by atoms with van der Waals surface area (Å²) in [6, 6.07) is 0. The lowest BCUT2D eigenvalue weighted by Crippen LogP contribution is -2.74. The highest BCUT2D eigenvalue weighted by Crippen LogP contribution is 2.42. The maximum Gasteiger partial charge on any atom is 0.725 e. The van der Waals surface area contributed by atoms with Crippen molar-refractivity contribution in [2.24, 2.45) is 0 Å². The second-order valence-corrected chi connectivity index (χ2v) is 20.5. The Morgan fingerprint density at radius 3 is 1.30 bits per heavy atom. The molecule has 0 aliphatic heterocycles. The minimum atomic E-state index is -5.90. The molecule has 0 aromatic carbocycles.